The van der Waals surface area contributed by atoms with Gasteiger partial charge in [0.25, 0.3) is 5.91 Å². The lowest BCUT2D eigenvalue weighted by Gasteiger charge is -2.35. The lowest BCUT2D eigenvalue weighted by Crippen LogP contribution is -2.49. The van der Waals surface area contributed by atoms with Crippen molar-refractivity contribution in [3.63, 3.8) is 0 Å². The number of nitrogens with zero attached hydrogens (tertiary/aromatic N) is 4. The van der Waals surface area contributed by atoms with Crippen molar-refractivity contribution in [1.82, 2.24) is 24.7 Å². The van der Waals surface area contributed by atoms with Crippen molar-refractivity contribution < 1.29 is 9.59 Å². The second-order valence-electron chi connectivity index (χ2n) is 7.19. The third-order valence-electron chi connectivity index (χ3n) is 5.30. The van der Waals surface area contributed by atoms with E-state index < -0.39 is 0 Å². The Bertz CT molecular complexity index is 852. The predicted octanol–water partition coefficient (Wildman–Crippen LogP) is 1.91. The number of carbonyl (C=O) groups excluding carboxylic acids is 2. The molecule has 1 aromatic heterocycles. The molecule has 1 unspecified atom stereocenters. The van der Waals surface area contributed by atoms with E-state index in [4.69, 9.17) is 0 Å². The fraction of sp³-hybridized carbons (Fsp3) is 0.476. The molecule has 1 aliphatic heterocycles. The van der Waals surface area contributed by atoms with Crippen LogP contribution in [0.4, 0.5) is 5.69 Å². The van der Waals surface area contributed by atoms with Gasteiger partial charge < -0.3 is 20.1 Å². The van der Waals surface area contributed by atoms with Gasteiger partial charge in [-0.2, -0.15) is 0 Å². The van der Waals surface area contributed by atoms with E-state index in [9.17, 15) is 9.59 Å². The second-order valence-corrected chi connectivity index (χ2v) is 7.19. The Hall–Kier alpha value is -2.42. The smallest absolute Gasteiger partial charge is 0.253 e. The number of nitrogens with one attached hydrogen (secondary N) is 2. The third-order valence-corrected chi connectivity index (χ3v) is 5.30. The predicted molar refractivity (Wildman–Crippen MR) is 120 cm³/mol. The highest BCUT2D eigenvalue weighted by Gasteiger charge is 2.28. The fourth-order valence-electron chi connectivity index (χ4n) is 3.70. The van der Waals surface area contributed by atoms with Crippen LogP contribution in [0.2, 0.25) is 0 Å². The molecular weight excluding hydrogens is 404 g/mol. The van der Waals surface area contributed by atoms with Gasteiger partial charge in [0, 0.05) is 63.4 Å². The highest BCUT2D eigenvalue weighted by atomic mass is 35.5. The number of aryl methyl sites for hydroxylation is 1. The molecule has 1 saturated heterocycles. The number of rotatable bonds is 7. The van der Waals surface area contributed by atoms with Gasteiger partial charge in [-0.25, -0.2) is 4.98 Å². The van der Waals surface area contributed by atoms with Crippen LogP contribution in [0.1, 0.15) is 36.1 Å². The Morgan fingerprint density at radius 3 is 2.73 bits per heavy atom. The van der Waals surface area contributed by atoms with Gasteiger partial charge in [0.1, 0.15) is 5.82 Å². The molecular formula is C21H31ClN6O2. The van der Waals surface area contributed by atoms with Crippen LogP contribution >= 0.6 is 12.4 Å². The highest BCUT2D eigenvalue weighted by molar-refractivity contribution is 5.97. The Morgan fingerprint density at radius 1 is 1.30 bits per heavy atom. The number of hydrogen-bond donors (Lipinski definition) is 2. The van der Waals surface area contributed by atoms with Crippen LogP contribution in [0, 0.1) is 0 Å². The molecule has 2 N–H and O–H groups in total. The average Bonchev–Trinajstić information content (AvgIpc) is 3.15. The summed E-state index contributed by atoms with van der Waals surface area (Å²) in [5.74, 6) is 0.818. The van der Waals surface area contributed by atoms with E-state index in [1.807, 2.05) is 37.7 Å². The van der Waals surface area contributed by atoms with Gasteiger partial charge >= 0.3 is 0 Å². The topological polar surface area (TPSA) is 82.5 Å². The first-order valence-corrected chi connectivity index (χ1v) is 10.1. The SMILES string of the molecule is CCN(CC)C(=O)c1cccc(NC(=O)CN2CCNCC2c2nccn2C)c1.Cl. The standard InChI is InChI=1S/C21H30N6O2.ClH/c1-4-26(5-2)21(29)16-7-6-8-17(13-16)24-19(28)15-27-12-9-22-14-18(27)20-23-10-11-25(20)3;/h6-8,10-11,13,18,22H,4-5,9,12,14-15H2,1-3H3,(H,24,28);1H. The molecule has 9 heteroatoms. The fourth-order valence-corrected chi connectivity index (χ4v) is 3.70. The number of aromatic nitrogens is 2. The first-order chi connectivity index (χ1) is 14.0. The first-order valence-electron chi connectivity index (χ1n) is 10.1. The summed E-state index contributed by atoms with van der Waals surface area (Å²) in [5.41, 5.74) is 1.22. The maximum atomic E-state index is 12.7. The quantitative estimate of drug-likeness (QED) is 0.695. The van der Waals surface area contributed by atoms with Crippen LogP contribution < -0.4 is 10.6 Å². The summed E-state index contributed by atoms with van der Waals surface area (Å²) in [6.45, 7) is 7.86. The summed E-state index contributed by atoms with van der Waals surface area (Å²) in [4.78, 5) is 33.6. The zero-order chi connectivity index (χ0) is 20.8. The minimum atomic E-state index is -0.0986. The molecule has 0 saturated carbocycles. The lowest BCUT2D eigenvalue weighted by atomic mass is 10.1. The van der Waals surface area contributed by atoms with Crippen molar-refractivity contribution in [3.05, 3.63) is 48.0 Å². The molecule has 164 valence electrons. The summed E-state index contributed by atoms with van der Waals surface area (Å²) in [7, 11) is 1.97. The van der Waals surface area contributed by atoms with Gasteiger partial charge in [0.2, 0.25) is 5.91 Å². The van der Waals surface area contributed by atoms with E-state index in [0.717, 1.165) is 25.5 Å². The van der Waals surface area contributed by atoms with Crippen molar-refractivity contribution >= 4 is 29.9 Å². The van der Waals surface area contributed by atoms with E-state index in [0.29, 0.717) is 24.3 Å². The molecule has 2 aromatic rings. The molecule has 8 nitrogen and oxygen atoms in total. The zero-order valence-corrected chi connectivity index (χ0v) is 18.6. The normalized spacial score (nSPS) is 16.6. The molecule has 1 atom stereocenters. The Balaban J connectivity index is 0.00000320. The molecule has 0 aliphatic carbocycles. The molecule has 0 bridgehead atoms. The largest absolute Gasteiger partial charge is 0.339 e. The third kappa shape index (κ3) is 5.59. The average molecular weight is 435 g/mol. The first kappa shape index (κ1) is 23.9. The van der Waals surface area contributed by atoms with Gasteiger partial charge in [-0.05, 0) is 32.0 Å². The van der Waals surface area contributed by atoms with E-state index in [2.05, 4.69) is 20.5 Å². The Labute approximate surface area is 184 Å². The summed E-state index contributed by atoms with van der Waals surface area (Å²) in [5, 5.41) is 6.32. The number of amides is 2. The molecule has 2 heterocycles. The maximum absolute atomic E-state index is 12.7. The van der Waals surface area contributed by atoms with Crippen LogP contribution in [-0.4, -0.2) is 70.4 Å². The van der Waals surface area contributed by atoms with Gasteiger partial charge in [-0.1, -0.05) is 6.07 Å². The van der Waals surface area contributed by atoms with Crippen LogP contribution in [0.3, 0.4) is 0 Å². The van der Waals surface area contributed by atoms with Gasteiger partial charge in [0.05, 0.1) is 12.6 Å². The Morgan fingerprint density at radius 2 is 2.07 bits per heavy atom. The van der Waals surface area contributed by atoms with E-state index >= 15 is 0 Å². The zero-order valence-electron chi connectivity index (χ0n) is 17.8. The number of anilines is 1. The van der Waals surface area contributed by atoms with E-state index in [1.54, 1.807) is 29.3 Å². The molecule has 3 rings (SSSR count). The number of halogens is 1. The van der Waals surface area contributed by atoms with Crippen LogP contribution in [-0.2, 0) is 11.8 Å². The molecule has 2 amide bonds. The van der Waals surface area contributed by atoms with Crippen LogP contribution in [0.15, 0.2) is 36.7 Å². The van der Waals surface area contributed by atoms with E-state index in [1.165, 1.54) is 0 Å². The monoisotopic (exact) mass is 434 g/mol. The molecule has 1 aromatic carbocycles. The molecule has 0 radical (unpaired) electrons. The molecule has 1 fully saturated rings. The number of imidazole rings is 1. The van der Waals surface area contributed by atoms with E-state index in [-0.39, 0.29) is 36.8 Å². The molecule has 1 aliphatic rings. The molecule has 0 spiro atoms. The summed E-state index contributed by atoms with van der Waals surface area (Å²) >= 11 is 0. The van der Waals surface area contributed by atoms with Crippen molar-refractivity contribution in [3.8, 4) is 0 Å². The van der Waals surface area contributed by atoms with Gasteiger partial charge in [-0.15, -0.1) is 12.4 Å². The number of hydrogen-bond acceptors (Lipinski definition) is 5. The Kier molecular flexibility index (Phi) is 8.83. The summed E-state index contributed by atoms with van der Waals surface area (Å²) < 4.78 is 1.99. The molecule has 30 heavy (non-hydrogen) atoms. The number of piperazine rings is 1. The minimum absolute atomic E-state index is 0. The number of carbonyl (C=O) groups is 2. The summed E-state index contributed by atoms with van der Waals surface area (Å²) in [6, 6.07) is 7.18. The van der Waals surface area contributed by atoms with Crippen LogP contribution in [0.5, 0.6) is 0 Å². The lowest BCUT2D eigenvalue weighted by molar-refractivity contribution is -0.118. The second kappa shape index (κ2) is 11.1. The maximum Gasteiger partial charge on any atom is 0.253 e. The van der Waals surface area contributed by atoms with Gasteiger partial charge in [0.15, 0.2) is 0 Å². The van der Waals surface area contributed by atoms with Crippen molar-refractivity contribution in [2.45, 2.75) is 19.9 Å². The van der Waals surface area contributed by atoms with Crippen molar-refractivity contribution in [2.75, 3.05) is 44.6 Å². The summed E-state index contributed by atoms with van der Waals surface area (Å²) in [6.07, 6.45) is 3.70. The van der Waals surface area contributed by atoms with Gasteiger partial charge in [-0.3, -0.25) is 14.5 Å². The highest BCUT2D eigenvalue weighted by Crippen LogP contribution is 2.20. The van der Waals surface area contributed by atoms with Crippen molar-refractivity contribution in [1.29, 1.82) is 0 Å². The van der Waals surface area contributed by atoms with Crippen LogP contribution in [0.25, 0.3) is 0 Å². The minimum Gasteiger partial charge on any atom is -0.339 e. The van der Waals surface area contributed by atoms with Crippen molar-refractivity contribution in [2.24, 2.45) is 7.05 Å². The number of benzene rings is 1.